The van der Waals surface area contributed by atoms with E-state index in [0.717, 1.165) is 6.54 Å². The van der Waals surface area contributed by atoms with Gasteiger partial charge in [0.15, 0.2) is 0 Å². The van der Waals surface area contributed by atoms with Crippen molar-refractivity contribution >= 4 is 29.1 Å². The highest BCUT2D eigenvalue weighted by atomic mass is 35.5. The second-order valence-electron chi connectivity index (χ2n) is 5.08. The zero-order valence-corrected chi connectivity index (χ0v) is 13.6. The first-order valence-electron chi connectivity index (χ1n) is 6.94. The molecule has 6 nitrogen and oxygen atoms in total. The van der Waals surface area contributed by atoms with Crippen molar-refractivity contribution in [2.24, 2.45) is 0 Å². The van der Waals surface area contributed by atoms with Gasteiger partial charge in [0.25, 0.3) is 5.91 Å². The predicted octanol–water partition coefficient (Wildman–Crippen LogP) is 2.30. The van der Waals surface area contributed by atoms with Gasteiger partial charge in [-0.2, -0.15) is 0 Å². The molecule has 0 bridgehead atoms. The van der Waals surface area contributed by atoms with Crippen LogP contribution in [0.2, 0.25) is 5.02 Å². The molecule has 122 valence electrons. The zero-order valence-electron chi connectivity index (χ0n) is 12.8. The molecule has 0 aliphatic heterocycles. The van der Waals surface area contributed by atoms with Gasteiger partial charge in [-0.3, -0.25) is 4.79 Å². The summed E-state index contributed by atoms with van der Waals surface area (Å²) in [6.07, 6.45) is 1.47. The Kier molecular flexibility index (Phi) is 5.84. The number of nitrogens with one attached hydrogen (secondary N) is 2. The molecule has 1 heterocycles. The number of nitrogens with zero attached hydrogens (tertiary/aromatic N) is 3. The lowest BCUT2D eigenvalue weighted by atomic mass is 10.3. The molecular formula is C15H17ClFN5O. The number of carbonyl (C=O) groups is 1. The maximum atomic E-state index is 13.1. The highest BCUT2D eigenvalue weighted by Gasteiger charge is 2.09. The highest BCUT2D eigenvalue weighted by molar-refractivity contribution is 6.31. The molecule has 0 saturated heterocycles. The molecule has 0 radical (unpaired) electrons. The number of anilines is 2. The van der Waals surface area contributed by atoms with Crippen molar-refractivity contribution in [3.05, 3.63) is 47.0 Å². The van der Waals surface area contributed by atoms with Crippen LogP contribution in [-0.2, 0) is 0 Å². The number of likely N-dealkylation sites (N-methyl/N-ethyl adjacent to an activating group) is 1. The average molecular weight is 338 g/mol. The molecule has 1 amide bonds. The topological polar surface area (TPSA) is 70.2 Å². The molecule has 23 heavy (non-hydrogen) atoms. The number of carbonyl (C=O) groups excluding carboxylic acids is 1. The van der Waals surface area contributed by atoms with Crippen molar-refractivity contribution in [1.29, 1.82) is 0 Å². The molecule has 0 aliphatic rings. The average Bonchev–Trinajstić information content (AvgIpc) is 2.51. The van der Waals surface area contributed by atoms with Gasteiger partial charge in [0.2, 0.25) is 5.95 Å². The molecule has 0 unspecified atom stereocenters. The van der Waals surface area contributed by atoms with Gasteiger partial charge in [-0.25, -0.2) is 14.4 Å². The quantitative estimate of drug-likeness (QED) is 0.846. The third kappa shape index (κ3) is 5.15. The van der Waals surface area contributed by atoms with Crippen LogP contribution in [0.25, 0.3) is 0 Å². The standard InChI is InChI=1S/C15H17ClFN5O/c1-22(2)8-7-18-14(23)13-5-6-19-15(21-13)20-10-3-4-12(17)11(16)9-10/h3-6,9H,7-8H2,1-2H3,(H,18,23)(H,19,20,21). The van der Waals surface area contributed by atoms with E-state index in [1.165, 1.54) is 30.5 Å². The van der Waals surface area contributed by atoms with Crippen molar-refractivity contribution in [3.8, 4) is 0 Å². The van der Waals surface area contributed by atoms with Gasteiger partial charge >= 0.3 is 0 Å². The minimum atomic E-state index is -0.507. The molecule has 2 aromatic rings. The van der Waals surface area contributed by atoms with Gasteiger partial charge in [0, 0.05) is 25.0 Å². The van der Waals surface area contributed by atoms with E-state index in [1.54, 1.807) is 0 Å². The second-order valence-corrected chi connectivity index (χ2v) is 5.49. The van der Waals surface area contributed by atoms with E-state index in [4.69, 9.17) is 11.6 Å². The van der Waals surface area contributed by atoms with E-state index in [0.29, 0.717) is 12.2 Å². The van der Waals surface area contributed by atoms with Gasteiger partial charge in [-0.05, 0) is 38.4 Å². The number of rotatable bonds is 6. The van der Waals surface area contributed by atoms with Crippen molar-refractivity contribution in [3.63, 3.8) is 0 Å². The fraction of sp³-hybridized carbons (Fsp3) is 0.267. The van der Waals surface area contributed by atoms with Crippen LogP contribution in [0.1, 0.15) is 10.5 Å². The molecule has 2 rings (SSSR count). The van der Waals surface area contributed by atoms with Gasteiger partial charge in [0.05, 0.1) is 5.02 Å². The molecule has 1 aromatic carbocycles. The number of benzene rings is 1. The van der Waals surface area contributed by atoms with Gasteiger partial charge in [-0.15, -0.1) is 0 Å². The zero-order chi connectivity index (χ0) is 16.8. The Bertz CT molecular complexity index is 695. The van der Waals surface area contributed by atoms with Crippen molar-refractivity contribution in [1.82, 2.24) is 20.2 Å². The van der Waals surface area contributed by atoms with Gasteiger partial charge in [-0.1, -0.05) is 11.6 Å². The monoisotopic (exact) mass is 337 g/mol. The van der Waals surface area contributed by atoms with E-state index < -0.39 is 5.82 Å². The van der Waals surface area contributed by atoms with E-state index in [2.05, 4.69) is 20.6 Å². The molecule has 0 fully saturated rings. The second kappa shape index (κ2) is 7.85. The molecule has 0 aliphatic carbocycles. The van der Waals surface area contributed by atoms with Crippen LogP contribution in [0, 0.1) is 5.82 Å². The number of hydrogen-bond donors (Lipinski definition) is 2. The fourth-order valence-electron chi connectivity index (χ4n) is 1.73. The number of halogens is 2. The van der Waals surface area contributed by atoms with E-state index in [9.17, 15) is 9.18 Å². The number of amides is 1. The Morgan fingerprint density at radius 2 is 2.13 bits per heavy atom. The smallest absolute Gasteiger partial charge is 0.270 e. The van der Waals surface area contributed by atoms with Crippen LogP contribution in [0.15, 0.2) is 30.5 Å². The lowest BCUT2D eigenvalue weighted by Gasteiger charge is -2.10. The third-order valence-electron chi connectivity index (χ3n) is 2.91. The molecular weight excluding hydrogens is 321 g/mol. The summed E-state index contributed by atoms with van der Waals surface area (Å²) in [5, 5.41) is 5.64. The fourth-order valence-corrected chi connectivity index (χ4v) is 1.91. The largest absolute Gasteiger partial charge is 0.349 e. The molecule has 0 spiro atoms. The predicted molar refractivity (Wildman–Crippen MR) is 87.6 cm³/mol. The normalized spacial score (nSPS) is 10.7. The summed E-state index contributed by atoms with van der Waals surface area (Å²) in [6, 6.07) is 5.69. The van der Waals surface area contributed by atoms with Crippen LogP contribution in [0.5, 0.6) is 0 Å². The molecule has 8 heteroatoms. The van der Waals surface area contributed by atoms with Crippen LogP contribution in [0.4, 0.5) is 16.0 Å². The summed E-state index contributed by atoms with van der Waals surface area (Å²) >= 11 is 5.72. The SMILES string of the molecule is CN(C)CCNC(=O)c1ccnc(Nc2ccc(F)c(Cl)c2)n1. The highest BCUT2D eigenvalue weighted by Crippen LogP contribution is 2.21. The van der Waals surface area contributed by atoms with Crippen molar-refractivity contribution in [2.75, 3.05) is 32.5 Å². The summed E-state index contributed by atoms with van der Waals surface area (Å²) in [5.74, 6) is -0.561. The summed E-state index contributed by atoms with van der Waals surface area (Å²) in [4.78, 5) is 22.1. The minimum absolute atomic E-state index is 0.00687. The number of aromatic nitrogens is 2. The van der Waals surface area contributed by atoms with Crippen molar-refractivity contribution in [2.45, 2.75) is 0 Å². The first kappa shape index (κ1) is 17.1. The van der Waals surface area contributed by atoms with E-state index in [-0.39, 0.29) is 22.6 Å². The Labute approximate surface area is 138 Å². The van der Waals surface area contributed by atoms with Crippen LogP contribution in [-0.4, -0.2) is 48.0 Å². The lowest BCUT2D eigenvalue weighted by Crippen LogP contribution is -2.31. The van der Waals surface area contributed by atoms with Crippen molar-refractivity contribution < 1.29 is 9.18 Å². The summed E-state index contributed by atoms with van der Waals surface area (Å²) in [7, 11) is 3.85. The van der Waals surface area contributed by atoms with Crippen LogP contribution < -0.4 is 10.6 Å². The lowest BCUT2D eigenvalue weighted by molar-refractivity contribution is 0.0946. The summed E-state index contributed by atoms with van der Waals surface area (Å²) < 4.78 is 13.1. The Balaban J connectivity index is 2.04. The molecule has 0 saturated carbocycles. The van der Waals surface area contributed by atoms with E-state index >= 15 is 0 Å². The summed E-state index contributed by atoms with van der Waals surface area (Å²) in [5.41, 5.74) is 0.774. The van der Waals surface area contributed by atoms with Gasteiger partial charge < -0.3 is 15.5 Å². The van der Waals surface area contributed by atoms with Gasteiger partial charge in [0.1, 0.15) is 11.5 Å². The Morgan fingerprint density at radius 3 is 2.83 bits per heavy atom. The maximum absolute atomic E-state index is 13.1. The third-order valence-corrected chi connectivity index (χ3v) is 3.20. The first-order chi connectivity index (χ1) is 11.0. The molecule has 1 aromatic heterocycles. The van der Waals surface area contributed by atoms with Crippen LogP contribution >= 0.6 is 11.6 Å². The van der Waals surface area contributed by atoms with E-state index in [1.807, 2.05) is 19.0 Å². The maximum Gasteiger partial charge on any atom is 0.270 e. The number of hydrogen-bond acceptors (Lipinski definition) is 5. The minimum Gasteiger partial charge on any atom is -0.349 e. The first-order valence-corrected chi connectivity index (χ1v) is 7.31. The van der Waals surface area contributed by atoms with Crippen LogP contribution in [0.3, 0.4) is 0 Å². The Morgan fingerprint density at radius 1 is 1.35 bits per heavy atom. The molecule has 0 atom stereocenters. The Hall–Kier alpha value is -2.25. The molecule has 2 N–H and O–H groups in total. The summed E-state index contributed by atoms with van der Waals surface area (Å²) in [6.45, 7) is 1.25.